The highest BCUT2D eigenvalue weighted by atomic mass is 32.2. The lowest BCUT2D eigenvalue weighted by Crippen LogP contribution is -2.08. The zero-order valence-electron chi connectivity index (χ0n) is 17.4. The van der Waals surface area contributed by atoms with Gasteiger partial charge in [0, 0.05) is 0 Å². The van der Waals surface area contributed by atoms with Crippen LogP contribution in [0.2, 0.25) is 0 Å². The van der Waals surface area contributed by atoms with Crippen LogP contribution >= 0.6 is 0 Å². The Morgan fingerprint density at radius 1 is 0.906 bits per heavy atom. The van der Waals surface area contributed by atoms with Crippen LogP contribution in [0.15, 0.2) is 88.7 Å². The molecule has 0 fully saturated rings. The van der Waals surface area contributed by atoms with Gasteiger partial charge in [0.25, 0.3) is 0 Å². The molecule has 0 spiro atoms. The third kappa shape index (κ3) is 4.14. The van der Waals surface area contributed by atoms with Crippen molar-refractivity contribution in [3.63, 3.8) is 0 Å². The number of carboxylic acid groups (broad SMARTS) is 1. The van der Waals surface area contributed by atoms with Crippen LogP contribution in [0.3, 0.4) is 0 Å². The summed E-state index contributed by atoms with van der Waals surface area (Å²) in [7, 11) is -3.76. The third-order valence-corrected chi connectivity index (χ3v) is 7.50. The molecule has 0 saturated carbocycles. The summed E-state index contributed by atoms with van der Waals surface area (Å²) in [5.41, 5.74) is 2.62. The molecule has 0 unspecified atom stereocenters. The first-order chi connectivity index (χ1) is 15.3. The molecular formula is C26H21FO4S. The standard InChI is InChI=1S/C26H21FO4S/c1-17-20(15-26(28)29)13-18-11-12-21(27)16-24(18)23(17)14-19-7-5-6-10-25(19)32(30,31)22-8-3-2-4-9-22/h2-13,16H,14-15H2,1H3,(H,28,29). The largest absolute Gasteiger partial charge is 0.481 e. The zero-order chi connectivity index (χ0) is 22.9. The molecule has 0 heterocycles. The van der Waals surface area contributed by atoms with Gasteiger partial charge in [-0.2, -0.15) is 0 Å². The highest BCUT2D eigenvalue weighted by Gasteiger charge is 2.22. The summed E-state index contributed by atoms with van der Waals surface area (Å²) in [6.07, 6.45) is 0.0532. The number of rotatable bonds is 6. The van der Waals surface area contributed by atoms with Gasteiger partial charge in [-0.3, -0.25) is 4.79 Å². The predicted octanol–water partition coefficient (Wildman–Crippen LogP) is 5.34. The molecule has 6 heteroatoms. The molecule has 0 atom stereocenters. The molecule has 0 aliphatic heterocycles. The lowest BCUT2D eigenvalue weighted by Gasteiger charge is -2.17. The number of hydrogen-bond acceptors (Lipinski definition) is 3. The van der Waals surface area contributed by atoms with Crippen LogP contribution in [-0.2, 0) is 27.5 Å². The fourth-order valence-electron chi connectivity index (χ4n) is 4.01. The first-order valence-electron chi connectivity index (χ1n) is 10.1. The normalized spacial score (nSPS) is 11.6. The van der Waals surface area contributed by atoms with Crippen molar-refractivity contribution in [1.29, 1.82) is 0 Å². The lowest BCUT2D eigenvalue weighted by atomic mass is 9.90. The summed E-state index contributed by atoms with van der Waals surface area (Å²) >= 11 is 0. The van der Waals surface area contributed by atoms with Gasteiger partial charge >= 0.3 is 5.97 Å². The van der Waals surface area contributed by atoms with Crippen molar-refractivity contribution in [3.05, 3.63) is 107 Å². The topological polar surface area (TPSA) is 71.4 Å². The van der Waals surface area contributed by atoms with E-state index in [2.05, 4.69) is 0 Å². The number of carboxylic acids is 1. The van der Waals surface area contributed by atoms with Gasteiger partial charge in [-0.15, -0.1) is 0 Å². The van der Waals surface area contributed by atoms with Crippen molar-refractivity contribution in [1.82, 2.24) is 0 Å². The minimum atomic E-state index is -3.76. The molecule has 0 bridgehead atoms. The number of aliphatic carboxylic acids is 1. The number of fused-ring (bicyclic) bond motifs is 1. The molecule has 0 aromatic heterocycles. The van der Waals surface area contributed by atoms with Gasteiger partial charge in [0.15, 0.2) is 0 Å². The Kier molecular flexibility index (Phi) is 5.80. The molecule has 1 N–H and O–H groups in total. The number of benzene rings is 4. The SMILES string of the molecule is Cc1c(CC(=O)O)cc2ccc(F)cc2c1Cc1ccccc1S(=O)(=O)c1ccccc1. The Labute approximate surface area is 185 Å². The molecule has 4 aromatic carbocycles. The maximum atomic E-state index is 14.1. The Hall–Kier alpha value is -3.51. The molecule has 0 aliphatic carbocycles. The lowest BCUT2D eigenvalue weighted by molar-refractivity contribution is -0.136. The Morgan fingerprint density at radius 2 is 1.59 bits per heavy atom. The third-order valence-electron chi connectivity index (χ3n) is 5.63. The van der Waals surface area contributed by atoms with Crippen molar-refractivity contribution in [2.45, 2.75) is 29.6 Å². The number of halogens is 1. The minimum Gasteiger partial charge on any atom is -0.481 e. The fraction of sp³-hybridized carbons (Fsp3) is 0.115. The second-order valence-corrected chi connectivity index (χ2v) is 9.59. The van der Waals surface area contributed by atoms with Gasteiger partial charge in [-0.05, 0) is 76.7 Å². The van der Waals surface area contributed by atoms with Crippen LogP contribution in [0.4, 0.5) is 4.39 Å². The van der Waals surface area contributed by atoms with E-state index in [-0.39, 0.29) is 22.6 Å². The van der Waals surface area contributed by atoms with Gasteiger partial charge in [-0.1, -0.05) is 48.5 Å². The average Bonchev–Trinajstić information content (AvgIpc) is 2.77. The van der Waals surface area contributed by atoms with Crippen LogP contribution in [-0.4, -0.2) is 19.5 Å². The van der Waals surface area contributed by atoms with Crippen molar-refractivity contribution < 1.29 is 22.7 Å². The summed E-state index contributed by atoms with van der Waals surface area (Å²) in [4.78, 5) is 11.8. The number of sulfone groups is 1. The molecule has 162 valence electrons. The fourth-order valence-corrected chi connectivity index (χ4v) is 5.52. The van der Waals surface area contributed by atoms with Crippen molar-refractivity contribution in [2.75, 3.05) is 0 Å². The maximum Gasteiger partial charge on any atom is 0.307 e. The summed E-state index contributed by atoms with van der Waals surface area (Å²) in [6, 6.07) is 21.1. The molecule has 4 rings (SSSR count). The Morgan fingerprint density at radius 3 is 2.31 bits per heavy atom. The van der Waals surface area contributed by atoms with Gasteiger partial charge in [0.2, 0.25) is 9.84 Å². The van der Waals surface area contributed by atoms with Crippen molar-refractivity contribution in [2.24, 2.45) is 0 Å². The van der Waals surface area contributed by atoms with Crippen molar-refractivity contribution >= 4 is 26.6 Å². The van der Waals surface area contributed by atoms with E-state index in [0.717, 1.165) is 5.56 Å². The van der Waals surface area contributed by atoms with Crippen LogP contribution in [0, 0.1) is 12.7 Å². The highest BCUT2D eigenvalue weighted by molar-refractivity contribution is 7.91. The molecule has 0 amide bonds. The van der Waals surface area contributed by atoms with E-state index in [9.17, 15) is 22.7 Å². The first-order valence-corrected chi connectivity index (χ1v) is 11.6. The molecule has 0 aliphatic rings. The van der Waals surface area contributed by atoms with E-state index < -0.39 is 21.6 Å². The quantitative estimate of drug-likeness (QED) is 0.432. The maximum absolute atomic E-state index is 14.1. The highest BCUT2D eigenvalue weighted by Crippen LogP contribution is 2.32. The summed E-state index contributed by atoms with van der Waals surface area (Å²) < 4.78 is 40.7. The van der Waals surface area contributed by atoms with E-state index in [1.807, 2.05) is 0 Å². The molecular weight excluding hydrogens is 427 g/mol. The van der Waals surface area contributed by atoms with Gasteiger partial charge in [0.05, 0.1) is 16.2 Å². The smallest absolute Gasteiger partial charge is 0.307 e. The first kappa shape index (κ1) is 21.7. The van der Waals surface area contributed by atoms with Crippen LogP contribution in [0.1, 0.15) is 22.3 Å². The second kappa shape index (κ2) is 8.55. The molecule has 4 aromatic rings. The zero-order valence-corrected chi connectivity index (χ0v) is 18.2. The van der Waals surface area contributed by atoms with E-state index >= 15 is 0 Å². The molecule has 0 saturated heterocycles. The van der Waals surface area contributed by atoms with Gasteiger partial charge in [-0.25, -0.2) is 12.8 Å². The van der Waals surface area contributed by atoms with E-state index in [1.54, 1.807) is 73.7 Å². The van der Waals surface area contributed by atoms with Crippen LogP contribution in [0.5, 0.6) is 0 Å². The van der Waals surface area contributed by atoms with Gasteiger partial charge < -0.3 is 5.11 Å². The predicted molar refractivity (Wildman–Crippen MR) is 121 cm³/mol. The van der Waals surface area contributed by atoms with Crippen molar-refractivity contribution in [3.8, 4) is 0 Å². The van der Waals surface area contributed by atoms with E-state index in [1.165, 1.54) is 12.1 Å². The molecule has 0 radical (unpaired) electrons. The summed E-state index contributed by atoms with van der Waals surface area (Å²) in [6.45, 7) is 1.80. The monoisotopic (exact) mass is 448 g/mol. The van der Waals surface area contributed by atoms with Gasteiger partial charge in [0.1, 0.15) is 5.82 Å². The minimum absolute atomic E-state index is 0.171. The molecule has 32 heavy (non-hydrogen) atoms. The van der Waals surface area contributed by atoms with Crippen LogP contribution in [0.25, 0.3) is 10.8 Å². The van der Waals surface area contributed by atoms with E-state index in [4.69, 9.17) is 0 Å². The Bertz CT molecular complexity index is 1430. The molecule has 4 nitrogen and oxygen atoms in total. The summed E-state index contributed by atoms with van der Waals surface area (Å²) in [5.74, 6) is -1.37. The number of hydrogen-bond donors (Lipinski definition) is 1. The summed E-state index contributed by atoms with van der Waals surface area (Å²) in [5, 5.41) is 10.7. The van der Waals surface area contributed by atoms with E-state index in [0.29, 0.717) is 27.5 Å². The Balaban J connectivity index is 1.91. The second-order valence-electron chi connectivity index (χ2n) is 7.68. The average molecular weight is 449 g/mol. The number of carbonyl (C=O) groups is 1. The van der Waals surface area contributed by atoms with Crippen LogP contribution < -0.4 is 0 Å².